The number of hydrogen-bond acceptors (Lipinski definition) is 3. The molecule has 2 aromatic carbocycles. The summed E-state index contributed by atoms with van der Waals surface area (Å²) < 4.78 is 5.12. The minimum Gasteiger partial charge on any atom is -0.507 e. The van der Waals surface area contributed by atoms with Gasteiger partial charge in [0.1, 0.15) is 11.3 Å². The van der Waals surface area contributed by atoms with Crippen LogP contribution >= 0.6 is 0 Å². The summed E-state index contributed by atoms with van der Waals surface area (Å²) in [6, 6.07) is 10.6. The molecule has 96 valence electrons. The van der Waals surface area contributed by atoms with Gasteiger partial charge < -0.3 is 9.84 Å². The average Bonchev–Trinajstić information content (AvgIpc) is 2.43. The van der Waals surface area contributed by atoms with Crippen LogP contribution in [0.15, 0.2) is 36.4 Å². The number of carbonyl (C=O) groups is 1. The van der Waals surface area contributed by atoms with Gasteiger partial charge in [-0.1, -0.05) is 30.3 Å². The summed E-state index contributed by atoms with van der Waals surface area (Å²) in [7, 11) is 0. The topological polar surface area (TPSA) is 46.5 Å². The zero-order valence-corrected chi connectivity index (χ0v) is 10.4. The van der Waals surface area contributed by atoms with Crippen molar-refractivity contribution in [2.24, 2.45) is 0 Å². The normalized spacial score (nSPS) is 10.1. The molecule has 0 aliphatic rings. The number of esters is 1. The third kappa shape index (κ3) is 2.86. The van der Waals surface area contributed by atoms with Gasteiger partial charge in [-0.25, -0.2) is 4.79 Å². The van der Waals surface area contributed by atoms with Crippen LogP contribution in [0.2, 0.25) is 0 Å². The predicted molar refractivity (Wildman–Crippen MR) is 74.0 cm³/mol. The van der Waals surface area contributed by atoms with Gasteiger partial charge in [-0.05, 0) is 23.3 Å². The Kier molecular flexibility index (Phi) is 4.04. The molecule has 0 fully saturated rings. The van der Waals surface area contributed by atoms with Crippen molar-refractivity contribution >= 4 is 16.7 Å². The predicted octanol–water partition coefficient (Wildman–Crippen LogP) is 3.12. The Balaban J connectivity index is 2.26. The summed E-state index contributed by atoms with van der Waals surface area (Å²) >= 11 is 0. The molecular weight excluding hydrogens is 240 g/mol. The van der Waals surface area contributed by atoms with Crippen LogP contribution in [0.5, 0.6) is 5.75 Å². The number of benzene rings is 2. The fourth-order valence-electron chi connectivity index (χ4n) is 1.89. The van der Waals surface area contributed by atoms with Crippen molar-refractivity contribution in [3.63, 3.8) is 0 Å². The molecule has 0 amide bonds. The molecule has 0 saturated heterocycles. The zero-order chi connectivity index (χ0) is 13.7. The number of phenolic OH excluding ortho intramolecular Hbond substituents is 1. The van der Waals surface area contributed by atoms with Crippen molar-refractivity contribution in [2.75, 3.05) is 6.61 Å². The highest BCUT2D eigenvalue weighted by molar-refractivity contribution is 6.06. The van der Waals surface area contributed by atoms with Crippen molar-refractivity contribution < 1.29 is 14.6 Å². The molecule has 0 unspecified atom stereocenters. The number of ether oxygens (including phenoxy) is 1. The lowest BCUT2D eigenvalue weighted by atomic mass is 10.0. The van der Waals surface area contributed by atoms with Crippen LogP contribution in [0.25, 0.3) is 10.8 Å². The Hall–Kier alpha value is -2.47. The van der Waals surface area contributed by atoms with E-state index < -0.39 is 5.97 Å². The van der Waals surface area contributed by atoms with Crippen LogP contribution < -0.4 is 0 Å². The first-order valence-electron chi connectivity index (χ1n) is 6.05. The maximum Gasteiger partial charge on any atom is 0.342 e. The number of unbranched alkanes of at least 4 members (excludes halogenated alkanes) is 1. The number of hydrogen-bond donors (Lipinski definition) is 1. The summed E-state index contributed by atoms with van der Waals surface area (Å²) in [6.45, 7) is 0.256. The number of fused-ring (bicyclic) bond motifs is 1. The summed E-state index contributed by atoms with van der Waals surface area (Å²) in [5.41, 5.74) is 0.207. The van der Waals surface area contributed by atoms with Crippen molar-refractivity contribution in [1.82, 2.24) is 0 Å². The quantitative estimate of drug-likeness (QED) is 0.518. The molecule has 0 aliphatic carbocycles. The maximum atomic E-state index is 12.0. The van der Waals surface area contributed by atoms with E-state index in [0.717, 1.165) is 5.39 Å². The largest absolute Gasteiger partial charge is 0.507 e. The van der Waals surface area contributed by atoms with Crippen LogP contribution in [-0.4, -0.2) is 17.7 Å². The average molecular weight is 254 g/mol. The van der Waals surface area contributed by atoms with E-state index in [9.17, 15) is 9.90 Å². The number of rotatable bonds is 4. The molecule has 0 radical (unpaired) electrons. The molecule has 19 heavy (non-hydrogen) atoms. The van der Waals surface area contributed by atoms with Gasteiger partial charge in [-0.3, -0.25) is 0 Å². The van der Waals surface area contributed by atoms with Crippen molar-refractivity contribution in [2.45, 2.75) is 12.8 Å². The molecule has 0 aromatic heterocycles. The lowest BCUT2D eigenvalue weighted by molar-refractivity contribution is 0.0501. The van der Waals surface area contributed by atoms with Crippen molar-refractivity contribution in [1.29, 1.82) is 0 Å². The van der Waals surface area contributed by atoms with Crippen molar-refractivity contribution in [3.8, 4) is 18.1 Å². The molecule has 1 N–H and O–H groups in total. The van der Waals surface area contributed by atoms with E-state index in [1.807, 2.05) is 18.2 Å². The number of aromatic hydroxyl groups is 1. The Labute approximate surface area is 111 Å². The first-order chi connectivity index (χ1) is 9.24. The third-order valence-electron chi connectivity index (χ3n) is 2.81. The minimum atomic E-state index is -0.522. The minimum absolute atomic E-state index is 0.0688. The summed E-state index contributed by atoms with van der Waals surface area (Å²) in [5, 5.41) is 11.4. The second kappa shape index (κ2) is 5.92. The molecule has 3 heteroatoms. The highest BCUT2D eigenvalue weighted by Crippen LogP contribution is 2.27. The molecule has 2 aromatic rings. The Morgan fingerprint density at radius 3 is 2.84 bits per heavy atom. The van der Waals surface area contributed by atoms with E-state index in [1.165, 1.54) is 6.07 Å². The second-order valence-electron chi connectivity index (χ2n) is 4.12. The highest BCUT2D eigenvalue weighted by atomic mass is 16.5. The van der Waals surface area contributed by atoms with Crippen LogP contribution in [0.3, 0.4) is 0 Å². The fourth-order valence-corrected chi connectivity index (χ4v) is 1.89. The first-order valence-corrected chi connectivity index (χ1v) is 6.05. The lowest BCUT2D eigenvalue weighted by Crippen LogP contribution is -2.07. The van der Waals surface area contributed by atoms with E-state index in [2.05, 4.69) is 5.92 Å². The van der Waals surface area contributed by atoms with Gasteiger partial charge in [0.2, 0.25) is 0 Å². The lowest BCUT2D eigenvalue weighted by Gasteiger charge is -2.08. The van der Waals surface area contributed by atoms with E-state index in [-0.39, 0.29) is 17.9 Å². The number of carbonyl (C=O) groups excluding carboxylic acids is 1. The molecule has 0 aliphatic heterocycles. The van der Waals surface area contributed by atoms with Crippen LogP contribution in [0.4, 0.5) is 0 Å². The molecule has 0 saturated carbocycles. The molecule has 2 rings (SSSR count). The Morgan fingerprint density at radius 1 is 1.26 bits per heavy atom. The summed E-state index contributed by atoms with van der Waals surface area (Å²) in [5.74, 6) is 1.89. The molecule has 0 atom stereocenters. The zero-order valence-electron chi connectivity index (χ0n) is 10.4. The Morgan fingerprint density at radius 2 is 2.05 bits per heavy atom. The summed E-state index contributed by atoms with van der Waals surface area (Å²) in [4.78, 5) is 12.0. The summed E-state index contributed by atoms with van der Waals surface area (Å²) in [6.07, 6.45) is 6.31. The van der Waals surface area contributed by atoms with Gasteiger partial charge in [0.15, 0.2) is 0 Å². The van der Waals surface area contributed by atoms with E-state index in [1.54, 1.807) is 12.1 Å². The smallest absolute Gasteiger partial charge is 0.342 e. The van der Waals surface area contributed by atoms with Gasteiger partial charge in [0, 0.05) is 6.42 Å². The maximum absolute atomic E-state index is 12.0. The number of phenols is 1. The van der Waals surface area contributed by atoms with Crippen LogP contribution in [0.1, 0.15) is 23.2 Å². The van der Waals surface area contributed by atoms with Gasteiger partial charge in [-0.15, -0.1) is 12.3 Å². The van der Waals surface area contributed by atoms with Crippen LogP contribution in [0, 0.1) is 12.3 Å². The van der Waals surface area contributed by atoms with E-state index in [0.29, 0.717) is 18.2 Å². The molecule has 3 nitrogen and oxygen atoms in total. The van der Waals surface area contributed by atoms with Gasteiger partial charge in [0.25, 0.3) is 0 Å². The van der Waals surface area contributed by atoms with Gasteiger partial charge in [-0.2, -0.15) is 0 Å². The SMILES string of the molecule is C#CCCCOC(=O)c1c(O)ccc2ccccc12. The Bertz CT molecular complexity index is 638. The molecular formula is C16H14O3. The number of terminal acetylenes is 1. The van der Waals surface area contributed by atoms with Crippen molar-refractivity contribution in [3.05, 3.63) is 42.0 Å². The van der Waals surface area contributed by atoms with Crippen LogP contribution in [-0.2, 0) is 4.74 Å². The molecule has 0 heterocycles. The monoisotopic (exact) mass is 254 g/mol. The molecule has 0 bridgehead atoms. The van der Waals surface area contributed by atoms with E-state index >= 15 is 0 Å². The second-order valence-corrected chi connectivity index (χ2v) is 4.12. The fraction of sp³-hybridized carbons (Fsp3) is 0.188. The third-order valence-corrected chi connectivity index (χ3v) is 2.81. The van der Waals surface area contributed by atoms with Gasteiger partial charge in [0.05, 0.1) is 6.61 Å². The standard InChI is InChI=1S/C16H14O3/c1-2-3-6-11-19-16(18)15-13-8-5-4-7-12(13)9-10-14(15)17/h1,4-5,7-10,17H,3,6,11H2. The van der Waals surface area contributed by atoms with E-state index in [4.69, 9.17) is 11.2 Å². The first kappa shape index (κ1) is 13.0. The molecule has 0 spiro atoms. The van der Waals surface area contributed by atoms with Gasteiger partial charge >= 0.3 is 5.97 Å². The highest BCUT2D eigenvalue weighted by Gasteiger charge is 2.16.